The number of carboxylic acids is 1. The summed E-state index contributed by atoms with van der Waals surface area (Å²) in [5, 5.41) is 24.8. The maximum atomic E-state index is 14.3. The van der Waals surface area contributed by atoms with Crippen LogP contribution in [0.15, 0.2) is 46.0 Å². The third-order valence-corrected chi connectivity index (χ3v) is 7.71. The van der Waals surface area contributed by atoms with E-state index in [9.17, 15) is 24.2 Å². The molecule has 10 nitrogen and oxygen atoms in total. The van der Waals surface area contributed by atoms with Gasteiger partial charge in [0.15, 0.2) is 10.8 Å². The van der Waals surface area contributed by atoms with Crippen molar-refractivity contribution < 1.29 is 24.2 Å². The molecule has 3 N–H and O–H groups in total. The van der Waals surface area contributed by atoms with Gasteiger partial charge in [0.25, 0.3) is 0 Å². The van der Waals surface area contributed by atoms with Gasteiger partial charge >= 0.3 is 12.0 Å². The van der Waals surface area contributed by atoms with Crippen LogP contribution in [0.2, 0.25) is 5.02 Å². The highest BCUT2D eigenvalue weighted by Crippen LogP contribution is 2.37. The van der Waals surface area contributed by atoms with Crippen LogP contribution in [0.3, 0.4) is 0 Å². The zero-order valence-corrected chi connectivity index (χ0v) is 20.7. The minimum atomic E-state index is -1.19. The molecule has 0 aliphatic carbocycles. The summed E-state index contributed by atoms with van der Waals surface area (Å²) in [6.45, 7) is 2.52. The SMILES string of the molecule is O=C(O)C1=C(CN2CCN3C(=O)N(CCO)CC3C2)NC(c2nccs2)=N[C@H]1c1cccc(F)c1Cl. The third-order valence-electron chi connectivity index (χ3n) is 6.53. The summed E-state index contributed by atoms with van der Waals surface area (Å²) < 4.78 is 14.3. The van der Waals surface area contributed by atoms with Crippen LogP contribution in [-0.4, -0.2) is 99.7 Å². The Morgan fingerprint density at radius 1 is 1.31 bits per heavy atom. The fraction of sp³-hybridized carbons (Fsp3) is 0.391. The zero-order chi connectivity index (χ0) is 25.4. The molecular weight excluding hydrogens is 511 g/mol. The number of carbonyl (C=O) groups excluding carboxylic acids is 1. The van der Waals surface area contributed by atoms with Crippen LogP contribution in [0.5, 0.6) is 0 Å². The van der Waals surface area contributed by atoms with E-state index >= 15 is 0 Å². The molecule has 2 amide bonds. The molecule has 0 bridgehead atoms. The molecule has 36 heavy (non-hydrogen) atoms. The number of urea groups is 1. The Morgan fingerprint density at radius 2 is 2.14 bits per heavy atom. The van der Waals surface area contributed by atoms with Crippen molar-refractivity contribution in [2.24, 2.45) is 4.99 Å². The number of carbonyl (C=O) groups is 2. The Morgan fingerprint density at radius 3 is 2.86 bits per heavy atom. The number of fused-ring (bicyclic) bond motifs is 1. The zero-order valence-electron chi connectivity index (χ0n) is 19.1. The van der Waals surface area contributed by atoms with Gasteiger partial charge < -0.3 is 25.3 Å². The van der Waals surface area contributed by atoms with Gasteiger partial charge in [-0.25, -0.2) is 19.0 Å². The molecular formula is C23H24ClFN6O4S. The van der Waals surface area contributed by atoms with E-state index in [1.807, 2.05) is 0 Å². The summed E-state index contributed by atoms with van der Waals surface area (Å²) in [7, 11) is 0. The molecule has 3 aliphatic heterocycles. The summed E-state index contributed by atoms with van der Waals surface area (Å²) >= 11 is 7.60. The summed E-state index contributed by atoms with van der Waals surface area (Å²) in [5.41, 5.74) is 0.653. The molecule has 4 heterocycles. The van der Waals surface area contributed by atoms with E-state index in [-0.39, 0.29) is 47.9 Å². The number of carboxylic acid groups (broad SMARTS) is 1. The molecule has 3 aliphatic rings. The van der Waals surface area contributed by atoms with Crippen LogP contribution in [0, 0.1) is 5.82 Å². The molecule has 0 spiro atoms. The predicted molar refractivity (Wildman–Crippen MR) is 132 cm³/mol. The van der Waals surface area contributed by atoms with Crippen molar-refractivity contribution in [3.8, 4) is 0 Å². The van der Waals surface area contributed by atoms with E-state index < -0.39 is 17.8 Å². The highest BCUT2D eigenvalue weighted by atomic mass is 35.5. The lowest BCUT2D eigenvalue weighted by Crippen LogP contribution is -2.53. The van der Waals surface area contributed by atoms with Crippen molar-refractivity contribution in [1.29, 1.82) is 0 Å². The van der Waals surface area contributed by atoms with Crippen LogP contribution in [0.1, 0.15) is 16.6 Å². The fourth-order valence-electron chi connectivity index (χ4n) is 4.89. The van der Waals surface area contributed by atoms with Crippen LogP contribution in [0.4, 0.5) is 9.18 Å². The molecule has 2 atom stereocenters. The molecule has 0 saturated carbocycles. The first-order valence-electron chi connectivity index (χ1n) is 11.4. The van der Waals surface area contributed by atoms with E-state index in [1.165, 1.54) is 23.5 Å². The number of aromatic nitrogens is 1. The average molecular weight is 535 g/mol. The van der Waals surface area contributed by atoms with E-state index in [2.05, 4.69) is 20.2 Å². The number of aliphatic imine (C=N–C) groups is 1. The number of rotatable bonds is 7. The quantitative estimate of drug-likeness (QED) is 0.495. The van der Waals surface area contributed by atoms with Gasteiger partial charge in [0, 0.05) is 62.1 Å². The number of amidine groups is 1. The second-order valence-corrected chi connectivity index (χ2v) is 9.99. The number of halogens is 2. The molecule has 0 radical (unpaired) electrons. The van der Waals surface area contributed by atoms with Crippen molar-refractivity contribution in [1.82, 2.24) is 25.0 Å². The smallest absolute Gasteiger partial charge is 0.335 e. The summed E-state index contributed by atoms with van der Waals surface area (Å²) in [6.07, 6.45) is 1.62. The number of aliphatic hydroxyl groups is 1. The monoisotopic (exact) mass is 534 g/mol. The Bertz CT molecular complexity index is 1240. The first-order valence-corrected chi connectivity index (χ1v) is 12.7. The normalized spacial score (nSPS) is 22.5. The number of nitrogens with zero attached hydrogens (tertiary/aromatic N) is 5. The molecule has 1 aromatic heterocycles. The van der Waals surface area contributed by atoms with Crippen LogP contribution < -0.4 is 5.32 Å². The maximum Gasteiger partial charge on any atom is 0.335 e. The predicted octanol–water partition coefficient (Wildman–Crippen LogP) is 1.78. The molecule has 1 aromatic carbocycles. The van der Waals surface area contributed by atoms with Crippen molar-refractivity contribution in [2.45, 2.75) is 12.1 Å². The van der Waals surface area contributed by atoms with Crippen molar-refractivity contribution >= 4 is 40.8 Å². The van der Waals surface area contributed by atoms with Crippen molar-refractivity contribution in [3.63, 3.8) is 0 Å². The molecule has 2 saturated heterocycles. The summed E-state index contributed by atoms with van der Waals surface area (Å²) in [6, 6.07) is 3.08. The molecule has 1 unspecified atom stereocenters. The van der Waals surface area contributed by atoms with Gasteiger partial charge in [0.2, 0.25) is 0 Å². The third kappa shape index (κ3) is 4.57. The number of β-amino-alcohol motifs (C(OH)–C–C–N with tert-alkyl or cyclic N) is 1. The number of aliphatic carboxylic acids is 1. The first-order chi connectivity index (χ1) is 17.4. The number of benzene rings is 1. The van der Waals surface area contributed by atoms with Crippen LogP contribution >= 0.6 is 22.9 Å². The number of amides is 2. The van der Waals surface area contributed by atoms with Crippen LogP contribution in [-0.2, 0) is 4.79 Å². The van der Waals surface area contributed by atoms with Gasteiger partial charge in [0.1, 0.15) is 11.9 Å². The van der Waals surface area contributed by atoms with Gasteiger partial charge in [-0.1, -0.05) is 23.7 Å². The molecule has 5 rings (SSSR count). The lowest BCUT2D eigenvalue weighted by atomic mass is 9.95. The molecule has 13 heteroatoms. The van der Waals surface area contributed by atoms with E-state index in [0.717, 1.165) is 0 Å². The van der Waals surface area contributed by atoms with Gasteiger partial charge in [-0.05, 0) is 6.07 Å². The molecule has 2 aromatic rings. The number of aliphatic hydroxyl groups excluding tert-OH is 1. The Kier molecular flexibility index (Phi) is 6.93. The summed E-state index contributed by atoms with van der Waals surface area (Å²) in [5.74, 6) is -1.45. The van der Waals surface area contributed by atoms with E-state index in [1.54, 1.807) is 27.4 Å². The topological polar surface area (TPSA) is 122 Å². The minimum absolute atomic E-state index is 0.0189. The van der Waals surface area contributed by atoms with Gasteiger partial charge in [-0.15, -0.1) is 11.3 Å². The standard InChI is InChI=1S/C23H24ClFN6O4S/c24-18-14(2-1-3-15(18)25)19-17(22(33)34)16(27-20(28-19)21-26-4-9-36-21)12-29-5-6-31-13(10-29)11-30(7-8-32)23(31)35/h1-4,9,13,19,32H,5-8,10-12H2,(H,27,28)(H,33,34)/t13?,19-/m0/s1. The second-order valence-electron chi connectivity index (χ2n) is 8.72. The number of piperazine rings is 1. The lowest BCUT2D eigenvalue weighted by Gasteiger charge is -2.38. The number of thiazole rings is 1. The largest absolute Gasteiger partial charge is 0.478 e. The summed E-state index contributed by atoms with van der Waals surface area (Å²) in [4.78, 5) is 39.5. The number of nitrogens with one attached hydrogen (secondary N) is 1. The second kappa shape index (κ2) is 10.1. The van der Waals surface area contributed by atoms with Crippen molar-refractivity contribution in [3.05, 3.63) is 62.5 Å². The van der Waals surface area contributed by atoms with Crippen molar-refractivity contribution in [2.75, 3.05) is 45.9 Å². The molecule has 2 fully saturated rings. The minimum Gasteiger partial charge on any atom is -0.478 e. The first kappa shape index (κ1) is 24.6. The average Bonchev–Trinajstić information content (AvgIpc) is 3.49. The Hall–Kier alpha value is -3.06. The van der Waals surface area contributed by atoms with Crippen LogP contribution in [0.25, 0.3) is 0 Å². The van der Waals surface area contributed by atoms with E-state index in [4.69, 9.17) is 11.6 Å². The lowest BCUT2D eigenvalue weighted by molar-refractivity contribution is -0.133. The van der Waals surface area contributed by atoms with Gasteiger partial charge in [-0.2, -0.15) is 0 Å². The Labute approximate surface area is 215 Å². The van der Waals surface area contributed by atoms with Gasteiger partial charge in [0.05, 0.1) is 23.2 Å². The fourth-order valence-corrected chi connectivity index (χ4v) is 5.71. The highest BCUT2D eigenvalue weighted by molar-refractivity contribution is 7.11. The van der Waals surface area contributed by atoms with E-state index in [0.29, 0.717) is 42.7 Å². The Balaban J connectivity index is 1.47. The van der Waals surface area contributed by atoms with Gasteiger partial charge in [-0.3, -0.25) is 9.89 Å². The molecule has 190 valence electrons. The highest BCUT2D eigenvalue weighted by Gasteiger charge is 2.41. The maximum absolute atomic E-state index is 14.3. The number of hydrogen-bond donors (Lipinski definition) is 3. The number of hydrogen-bond acceptors (Lipinski definition) is 8.